The van der Waals surface area contributed by atoms with Gasteiger partial charge >= 0.3 is 0 Å². The van der Waals surface area contributed by atoms with Crippen LogP contribution < -0.4 is 0 Å². The van der Waals surface area contributed by atoms with Gasteiger partial charge in [0.05, 0.1) is 0 Å². The van der Waals surface area contributed by atoms with Crippen LogP contribution in [0.1, 0.15) is 6.92 Å². The van der Waals surface area contributed by atoms with E-state index in [0.717, 1.165) is 6.08 Å². The number of nitriles is 1. The van der Waals surface area contributed by atoms with Gasteiger partial charge in [-0.15, -0.1) is 0 Å². The molecule has 0 N–H and O–H groups in total. The topological polar surface area (TPSA) is 23.8 Å². The molecule has 0 heterocycles. The van der Waals surface area contributed by atoms with E-state index >= 15 is 0 Å². The molecule has 1 nitrogen and oxygen atoms in total. The zero-order chi connectivity index (χ0) is 8.85. The quantitative estimate of drug-likeness (QED) is 0.513. The minimum atomic E-state index is -0.613. The molecule has 0 aromatic carbocycles. The Morgan fingerprint density at radius 2 is 2.27 bits per heavy atom. The maximum atomic E-state index is 12.7. The third-order valence-electron chi connectivity index (χ3n) is 1.02. The molecular formula is C8H7BrFN. The highest BCUT2D eigenvalue weighted by molar-refractivity contribution is 9.12. The van der Waals surface area contributed by atoms with Crippen molar-refractivity contribution in [3.8, 4) is 6.07 Å². The molecule has 58 valence electrons. The Hall–Kier alpha value is -0.880. The summed E-state index contributed by atoms with van der Waals surface area (Å²) in [5.41, 5.74) is -0.0255. The van der Waals surface area contributed by atoms with Crippen molar-refractivity contribution in [1.29, 1.82) is 5.26 Å². The fraction of sp³-hybridized carbons (Fsp3) is 0.125. The van der Waals surface area contributed by atoms with E-state index in [1.54, 1.807) is 19.1 Å². The summed E-state index contributed by atoms with van der Waals surface area (Å²) in [6.07, 6.45) is 2.60. The Morgan fingerprint density at radius 1 is 1.73 bits per heavy atom. The van der Waals surface area contributed by atoms with Gasteiger partial charge in [0.15, 0.2) is 0 Å². The number of rotatable bonds is 2. The van der Waals surface area contributed by atoms with E-state index < -0.39 is 5.83 Å². The third kappa shape index (κ3) is 2.69. The molecular weight excluding hydrogens is 209 g/mol. The van der Waals surface area contributed by atoms with Gasteiger partial charge in [0.1, 0.15) is 17.5 Å². The molecule has 0 saturated heterocycles. The Kier molecular flexibility index (Phi) is 4.47. The fourth-order valence-corrected chi connectivity index (χ4v) is 0.745. The molecule has 0 atom stereocenters. The van der Waals surface area contributed by atoms with Crippen molar-refractivity contribution in [2.24, 2.45) is 0 Å². The van der Waals surface area contributed by atoms with Gasteiger partial charge in [0.25, 0.3) is 0 Å². The van der Waals surface area contributed by atoms with E-state index in [4.69, 9.17) is 5.26 Å². The van der Waals surface area contributed by atoms with Gasteiger partial charge in [-0.3, -0.25) is 0 Å². The molecule has 0 radical (unpaired) electrons. The lowest BCUT2D eigenvalue weighted by Gasteiger charge is -1.94. The van der Waals surface area contributed by atoms with Crippen LogP contribution in [0.25, 0.3) is 0 Å². The first kappa shape index (κ1) is 10.1. The van der Waals surface area contributed by atoms with Crippen LogP contribution in [0.4, 0.5) is 4.39 Å². The number of allylic oxidation sites excluding steroid dienone is 5. The lowest BCUT2D eigenvalue weighted by Crippen LogP contribution is -1.81. The van der Waals surface area contributed by atoms with Gasteiger partial charge in [0, 0.05) is 4.48 Å². The first-order chi connectivity index (χ1) is 5.17. The Morgan fingerprint density at radius 3 is 2.55 bits per heavy atom. The monoisotopic (exact) mass is 215 g/mol. The van der Waals surface area contributed by atoms with Crippen LogP contribution in [0, 0.1) is 11.3 Å². The highest BCUT2D eigenvalue weighted by Crippen LogP contribution is 2.20. The van der Waals surface area contributed by atoms with Crippen LogP contribution in [-0.4, -0.2) is 0 Å². The molecule has 0 unspecified atom stereocenters. The summed E-state index contributed by atoms with van der Waals surface area (Å²) >= 11 is 3.04. The van der Waals surface area contributed by atoms with Crippen molar-refractivity contribution >= 4 is 15.9 Å². The SMILES string of the molecule is C=C/C(F)=C(C#N)\C(Br)=C/C. The smallest absolute Gasteiger partial charge is 0.141 e. The molecule has 0 aromatic heterocycles. The summed E-state index contributed by atoms with van der Waals surface area (Å²) in [4.78, 5) is 0. The molecule has 0 bridgehead atoms. The second-order valence-electron chi connectivity index (χ2n) is 1.68. The number of halogens is 2. The lowest BCUT2D eigenvalue weighted by atomic mass is 10.2. The minimum absolute atomic E-state index is 0.0255. The highest BCUT2D eigenvalue weighted by atomic mass is 79.9. The molecule has 3 heteroatoms. The summed E-state index contributed by atoms with van der Waals surface area (Å²) in [5, 5.41) is 8.46. The molecule has 11 heavy (non-hydrogen) atoms. The third-order valence-corrected chi connectivity index (χ3v) is 1.88. The maximum absolute atomic E-state index is 12.7. The predicted octanol–water partition coefficient (Wildman–Crippen LogP) is 3.22. The van der Waals surface area contributed by atoms with Crippen molar-refractivity contribution in [2.75, 3.05) is 0 Å². The van der Waals surface area contributed by atoms with Gasteiger partial charge in [-0.25, -0.2) is 4.39 Å². The summed E-state index contributed by atoms with van der Waals surface area (Å²) in [5.74, 6) is -0.613. The standard InChI is InChI=1S/C8H7BrFN/c1-3-7(9)6(5-11)8(10)4-2/h3-4H,2H2,1H3/b7-3+,8-6+. The van der Waals surface area contributed by atoms with E-state index in [-0.39, 0.29) is 5.57 Å². The molecule has 0 aromatic rings. The summed E-state index contributed by atoms with van der Waals surface area (Å²) < 4.78 is 13.1. The zero-order valence-corrected chi connectivity index (χ0v) is 7.65. The van der Waals surface area contributed by atoms with E-state index in [0.29, 0.717) is 4.48 Å². The van der Waals surface area contributed by atoms with E-state index in [1.807, 2.05) is 0 Å². The van der Waals surface area contributed by atoms with E-state index in [2.05, 4.69) is 22.5 Å². The van der Waals surface area contributed by atoms with Crippen LogP contribution in [0.2, 0.25) is 0 Å². The van der Waals surface area contributed by atoms with Crippen molar-refractivity contribution in [1.82, 2.24) is 0 Å². The van der Waals surface area contributed by atoms with Crippen LogP contribution in [0.5, 0.6) is 0 Å². The largest absolute Gasteiger partial charge is 0.206 e. The van der Waals surface area contributed by atoms with Gasteiger partial charge in [-0.05, 0) is 28.9 Å². The van der Waals surface area contributed by atoms with Crippen molar-refractivity contribution in [2.45, 2.75) is 6.92 Å². The van der Waals surface area contributed by atoms with Gasteiger partial charge in [-0.2, -0.15) is 5.26 Å². The molecule has 0 amide bonds. The number of nitrogens with zero attached hydrogens (tertiary/aromatic N) is 1. The van der Waals surface area contributed by atoms with Crippen LogP contribution in [0.3, 0.4) is 0 Å². The highest BCUT2D eigenvalue weighted by Gasteiger charge is 2.04. The van der Waals surface area contributed by atoms with Gasteiger partial charge < -0.3 is 0 Å². The molecule has 0 fully saturated rings. The molecule has 0 aliphatic rings. The van der Waals surface area contributed by atoms with Crippen LogP contribution in [0.15, 0.2) is 34.6 Å². The summed E-state index contributed by atoms with van der Waals surface area (Å²) in [6, 6.07) is 1.72. The zero-order valence-electron chi connectivity index (χ0n) is 6.06. The van der Waals surface area contributed by atoms with E-state index in [9.17, 15) is 4.39 Å². The Balaban J connectivity index is 5.00. The van der Waals surface area contributed by atoms with Crippen LogP contribution in [-0.2, 0) is 0 Å². The van der Waals surface area contributed by atoms with Gasteiger partial charge in [0.2, 0.25) is 0 Å². The predicted molar refractivity (Wildman–Crippen MR) is 46.6 cm³/mol. The molecule has 0 spiro atoms. The van der Waals surface area contributed by atoms with E-state index in [1.165, 1.54) is 0 Å². The second-order valence-corrected chi connectivity index (χ2v) is 2.53. The molecule has 0 saturated carbocycles. The first-order valence-electron chi connectivity index (χ1n) is 2.91. The molecule has 0 aliphatic carbocycles. The average molecular weight is 216 g/mol. The average Bonchev–Trinajstić information content (AvgIpc) is 2.05. The number of hydrogen-bond donors (Lipinski definition) is 0. The first-order valence-corrected chi connectivity index (χ1v) is 3.71. The number of hydrogen-bond acceptors (Lipinski definition) is 1. The Bertz CT molecular complexity index is 258. The van der Waals surface area contributed by atoms with Crippen molar-refractivity contribution < 1.29 is 4.39 Å². The van der Waals surface area contributed by atoms with Crippen molar-refractivity contribution in [3.63, 3.8) is 0 Å². The molecule has 0 aliphatic heterocycles. The fourth-order valence-electron chi connectivity index (χ4n) is 0.467. The normalized spacial score (nSPS) is 13.5. The van der Waals surface area contributed by atoms with Crippen molar-refractivity contribution in [3.05, 3.63) is 34.6 Å². The second kappa shape index (κ2) is 4.86. The van der Waals surface area contributed by atoms with Crippen LogP contribution >= 0.6 is 15.9 Å². The summed E-state index contributed by atoms with van der Waals surface area (Å²) in [6.45, 7) is 4.92. The molecule has 0 rings (SSSR count). The Labute approximate surface area is 73.7 Å². The van der Waals surface area contributed by atoms with Gasteiger partial charge in [-0.1, -0.05) is 12.7 Å². The lowest BCUT2D eigenvalue weighted by molar-refractivity contribution is 0.662. The minimum Gasteiger partial charge on any atom is -0.206 e. The maximum Gasteiger partial charge on any atom is 0.141 e. The summed E-state index contributed by atoms with van der Waals surface area (Å²) in [7, 11) is 0.